The van der Waals surface area contributed by atoms with Crippen LogP contribution in [-0.2, 0) is 19.1 Å². The summed E-state index contributed by atoms with van der Waals surface area (Å²) in [5, 5.41) is 2.71. The molecule has 1 unspecified atom stereocenters. The van der Waals surface area contributed by atoms with Crippen LogP contribution in [0.3, 0.4) is 0 Å². The minimum atomic E-state index is -0.561. The highest BCUT2D eigenvalue weighted by atomic mass is 16.5. The fourth-order valence-electron chi connectivity index (χ4n) is 2.98. The molecule has 1 amide bonds. The summed E-state index contributed by atoms with van der Waals surface area (Å²) in [6, 6.07) is 13.9. The van der Waals surface area contributed by atoms with Crippen LogP contribution < -0.4 is 10.1 Å². The van der Waals surface area contributed by atoms with Crippen molar-refractivity contribution >= 4 is 17.8 Å². The van der Waals surface area contributed by atoms with Crippen molar-refractivity contribution in [3.63, 3.8) is 0 Å². The molecule has 1 aliphatic rings. The lowest BCUT2D eigenvalue weighted by Gasteiger charge is -2.11. The van der Waals surface area contributed by atoms with Gasteiger partial charge >= 0.3 is 11.9 Å². The van der Waals surface area contributed by atoms with Crippen molar-refractivity contribution in [2.75, 3.05) is 19.8 Å². The van der Waals surface area contributed by atoms with E-state index in [-0.39, 0.29) is 24.6 Å². The molecule has 0 spiro atoms. The van der Waals surface area contributed by atoms with Crippen LogP contribution in [0, 0.1) is 0 Å². The first-order valence-corrected chi connectivity index (χ1v) is 9.45. The molecular weight excluding hydrogens is 374 g/mol. The van der Waals surface area contributed by atoms with E-state index in [1.807, 2.05) is 12.1 Å². The second-order valence-electron chi connectivity index (χ2n) is 6.71. The average molecular weight is 397 g/mol. The maximum absolute atomic E-state index is 12.1. The predicted octanol–water partition coefficient (Wildman–Crippen LogP) is 2.73. The van der Waals surface area contributed by atoms with E-state index in [0.717, 1.165) is 30.6 Å². The van der Waals surface area contributed by atoms with Gasteiger partial charge in [0.2, 0.25) is 0 Å². The molecule has 1 saturated heterocycles. The zero-order valence-corrected chi connectivity index (χ0v) is 16.2. The Bertz CT molecular complexity index is 854. The predicted molar refractivity (Wildman–Crippen MR) is 105 cm³/mol. The third kappa shape index (κ3) is 6.15. The number of hydrogen-bond acceptors (Lipinski definition) is 6. The molecule has 1 aliphatic heterocycles. The first-order valence-electron chi connectivity index (χ1n) is 9.45. The molecule has 1 heterocycles. The maximum atomic E-state index is 12.1. The van der Waals surface area contributed by atoms with E-state index in [4.69, 9.17) is 14.2 Å². The van der Waals surface area contributed by atoms with Gasteiger partial charge < -0.3 is 19.5 Å². The Morgan fingerprint density at radius 3 is 2.28 bits per heavy atom. The molecule has 3 rings (SSSR count). The zero-order valence-electron chi connectivity index (χ0n) is 16.2. The standard InChI is InChI=1S/C22H23NO6/c1-15(24)29-19-10-8-17(9-11-19)16-4-6-18(7-5-16)22(26)28-14-21(25)23-13-20-3-2-12-27-20/h4-11,20H,2-3,12-14H2,1H3,(H,23,25). The third-order valence-corrected chi connectivity index (χ3v) is 4.46. The fraction of sp³-hybridized carbons (Fsp3) is 0.318. The van der Waals surface area contributed by atoms with Crippen LogP contribution in [0.4, 0.5) is 0 Å². The van der Waals surface area contributed by atoms with Crippen molar-refractivity contribution in [3.8, 4) is 16.9 Å². The lowest BCUT2D eigenvalue weighted by Crippen LogP contribution is -2.34. The SMILES string of the molecule is CC(=O)Oc1ccc(-c2ccc(C(=O)OCC(=O)NCC3CCCO3)cc2)cc1. The number of amides is 1. The number of carbonyl (C=O) groups excluding carboxylic acids is 3. The molecule has 0 saturated carbocycles. The highest BCUT2D eigenvalue weighted by molar-refractivity contribution is 5.91. The van der Waals surface area contributed by atoms with E-state index in [1.165, 1.54) is 6.92 Å². The minimum absolute atomic E-state index is 0.0466. The molecule has 0 radical (unpaired) electrons. The van der Waals surface area contributed by atoms with Crippen LogP contribution in [0.5, 0.6) is 5.75 Å². The molecular formula is C22H23NO6. The molecule has 1 atom stereocenters. The molecule has 152 valence electrons. The van der Waals surface area contributed by atoms with E-state index in [9.17, 15) is 14.4 Å². The van der Waals surface area contributed by atoms with E-state index < -0.39 is 5.97 Å². The van der Waals surface area contributed by atoms with E-state index in [2.05, 4.69) is 5.32 Å². The molecule has 2 aromatic rings. The van der Waals surface area contributed by atoms with E-state index >= 15 is 0 Å². The van der Waals surface area contributed by atoms with Gasteiger partial charge in [0, 0.05) is 20.1 Å². The number of esters is 2. The molecule has 7 heteroatoms. The molecule has 1 N–H and O–H groups in total. The zero-order chi connectivity index (χ0) is 20.6. The van der Waals surface area contributed by atoms with Crippen LogP contribution in [0.1, 0.15) is 30.1 Å². The molecule has 2 aromatic carbocycles. The molecule has 0 bridgehead atoms. The highest BCUT2D eigenvalue weighted by Crippen LogP contribution is 2.23. The first kappa shape index (κ1) is 20.5. The molecule has 1 fully saturated rings. The Balaban J connectivity index is 1.49. The number of rotatable bonds is 7. The quantitative estimate of drug-likeness (QED) is 0.571. The van der Waals surface area contributed by atoms with Gasteiger partial charge in [0.05, 0.1) is 11.7 Å². The lowest BCUT2D eigenvalue weighted by molar-refractivity contribution is -0.131. The van der Waals surface area contributed by atoms with Crippen LogP contribution in [0.25, 0.3) is 11.1 Å². The minimum Gasteiger partial charge on any atom is -0.452 e. The molecule has 0 aromatic heterocycles. The summed E-state index contributed by atoms with van der Waals surface area (Å²) in [4.78, 5) is 34.9. The van der Waals surface area contributed by atoms with Crippen molar-refractivity contribution in [1.29, 1.82) is 0 Å². The van der Waals surface area contributed by atoms with Gasteiger partial charge in [0.1, 0.15) is 5.75 Å². The summed E-state index contributed by atoms with van der Waals surface area (Å²) in [7, 11) is 0. The maximum Gasteiger partial charge on any atom is 0.338 e. The second kappa shape index (κ2) is 9.84. The third-order valence-electron chi connectivity index (χ3n) is 4.46. The van der Waals surface area contributed by atoms with Gasteiger partial charge in [-0.25, -0.2) is 4.79 Å². The van der Waals surface area contributed by atoms with Gasteiger partial charge in [-0.15, -0.1) is 0 Å². The van der Waals surface area contributed by atoms with Crippen molar-refractivity contribution in [2.24, 2.45) is 0 Å². The normalized spacial score (nSPS) is 15.6. The lowest BCUT2D eigenvalue weighted by atomic mass is 10.0. The first-order chi connectivity index (χ1) is 14.0. The number of carbonyl (C=O) groups is 3. The number of hydrogen-bond donors (Lipinski definition) is 1. The summed E-state index contributed by atoms with van der Waals surface area (Å²) in [6.45, 7) is 2.17. The van der Waals surface area contributed by atoms with Gasteiger partial charge in [-0.05, 0) is 48.2 Å². The van der Waals surface area contributed by atoms with Gasteiger partial charge in [-0.1, -0.05) is 24.3 Å². The highest BCUT2D eigenvalue weighted by Gasteiger charge is 2.17. The topological polar surface area (TPSA) is 90.9 Å². The van der Waals surface area contributed by atoms with Crippen molar-refractivity contribution in [1.82, 2.24) is 5.32 Å². The monoisotopic (exact) mass is 397 g/mol. The summed E-state index contributed by atoms with van der Waals surface area (Å²) in [5.41, 5.74) is 2.16. The van der Waals surface area contributed by atoms with E-state index in [1.54, 1.807) is 36.4 Å². The Morgan fingerprint density at radius 2 is 1.69 bits per heavy atom. The number of nitrogens with one attached hydrogen (secondary N) is 1. The van der Waals surface area contributed by atoms with Gasteiger partial charge in [0.15, 0.2) is 6.61 Å². The average Bonchev–Trinajstić information content (AvgIpc) is 3.24. The van der Waals surface area contributed by atoms with Crippen LogP contribution in [-0.4, -0.2) is 43.7 Å². The smallest absolute Gasteiger partial charge is 0.338 e. The molecule has 0 aliphatic carbocycles. The van der Waals surface area contributed by atoms with Gasteiger partial charge in [-0.2, -0.15) is 0 Å². The largest absolute Gasteiger partial charge is 0.452 e. The number of ether oxygens (including phenoxy) is 3. The summed E-state index contributed by atoms with van der Waals surface area (Å²) in [6.07, 6.45) is 1.98. The molecule has 29 heavy (non-hydrogen) atoms. The summed E-state index contributed by atoms with van der Waals surface area (Å²) in [5.74, 6) is -0.812. The van der Waals surface area contributed by atoms with Crippen LogP contribution in [0.2, 0.25) is 0 Å². The number of benzene rings is 2. The van der Waals surface area contributed by atoms with Crippen molar-refractivity contribution in [2.45, 2.75) is 25.9 Å². The Labute approximate surface area is 169 Å². The molecule has 7 nitrogen and oxygen atoms in total. The van der Waals surface area contributed by atoms with Crippen molar-refractivity contribution < 1.29 is 28.6 Å². The Kier molecular flexibility index (Phi) is 6.97. The fourth-order valence-corrected chi connectivity index (χ4v) is 2.98. The van der Waals surface area contributed by atoms with Crippen LogP contribution in [0.15, 0.2) is 48.5 Å². The van der Waals surface area contributed by atoms with Crippen LogP contribution >= 0.6 is 0 Å². The summed E-state index contributed by atoms with van der Waals surface area (Å²) < 4.78 is 15.5. The second-order valence-corrected chi connectivity index (χ2v) is 6.71. The van der Waals surface area contributed by atoms with Gasteiger partial charge in [-0.3, -0.25) is 9.59 Å². The van der Waals surface area contributed by atoms with E-state index in [0.29, 0.717) is 17.9 Å². The summed E-state index contributed by atoms with van der Waals surface area (Å²) >= 11 is 0. The van der Waals surface area contributed by atoms with Crippen molar-refractivity contribution in [3.05, 3.63) is 54.1 Å². The Morgan fingerprint density at radius 1 is 1.03 bits per heavy atom. The Hall–Kier alpha value is -3.19. The van der Waals surface area contributed by atoms with Gasteiger partial charge in [0.25, 0.3) is 5.91 Å².